The number of carbonyl (C=O) groups is 2. The van der Waals surface area contributed by atoms with Crippen LogP contribution in [-0.2, 0) is 19.4 Å². The van der Waals surface area contributed by atoms with Gasteiger partial charge in [-0.2, -0.15) is 0 Å². The van der Waals surface area contributed by atoms with Crippen LogP contribution in [0.5, 0.6) is 0 Å². The third-order valence-corrected chi connectivity index (χ3v) is 2.04. The molecule has 6 N–H and O–H groups in total. The van der Waals surface area contributed by atoms with E-state index in [1.54, 1.807) is 0 Å². The van der Waals surface area contributed by atoms with Gasteiger partial charge in [0, 0.05) is 0 Å². The van der Waals surface area contributed by atoms with Crippen LogP contribution < -0.4 is 0 Å². The molecule has 19 heavy (non-hydrogen) atoms. The van der Waals surface area contributed by atoms with Crippen molar-refractivity contribution >= 4 is 11.9 Å². The van der Waals surface area contributed by atoms with Crippen LogP contribution in [0.1, 0.15) is 6.92 Å². The Labute approximate surface area is 107 Å². The Morgan fingerprint density at radius 3 is 1.84 bits per heavy atom. The molecule has 0 aliphatic carbocycles. The Bertz CT molecular complexity index is 303. The molecule has 5 unspecified atom stereocenters. The zero-order valence-corrected chi connectivity index (χ0v) is 9.91. The highest BCUT2D eigenvalue weighted by molar-refractivity contribution is 5.77. The van der Waals surface area contributed by atoms with Crippen LogP contribution in [0.15, 0.2) is 0 Å². The number of aliphatic hydroxyl groups is 6. The fourth-order valence-corrected chi connectivity index (χ4v) is 0.863. The lowest BCUT2D eigenvalue weighted by molar-refractivity contribution is -0.272. The molecule has 5 atom stereocenters. The number of carbonyl (C=O) groups excluding carboxylic acids is 2. The van der Waals surface area contributed by atoms with Gasteiger partial charge in [-0.25, -0.2) is 19.4 Å². The van der Waals surface area contributed by atoms with E-state index >= 15 is 0 Å². The third-order valence-electron chi connectivity index (χ3n) is 2.04. The van der Waals surface area contributed by atoms with Gasteiger partial charge in [0.25, 0.3) is 0 Å². The van der Waals surface area contributed by atoms with E-state index in [1.807, 2.05) is 0 Å². The summed E-state index contributed by atoms with van der Waals surface area (Å²) in [7, 11) is 0. The predicted molar refractivity (Wildman–Crippen MR) is 55.0 cm³/mol. The summed E-state index contributed by atoms with van der Waals surface area (Å²) in [6.45, 7) is 0.111. The van der Waals surface area contributed by atoms with Crippen LogP contribution in [0.4, 0.5) is 0 Å². The molecule has 0 aromatic rings. The first-order chi connectivity index (χ1) is 8.72. The first kappa shape index (κ1) is 17.7. The molecule has 10 nitrogen and oxygen atoms in total. The van der Waals surface area contributed by atoms with Gasteiger partial charge in [0.2, 0.25) is 0 Å². The SMILES string of the molecule is CC(O)C(=O)OOC(=O)C(O)C(O)C(O)C(O)CO. The van der Waals surface area contributed by atoms with Crippen molar-refractivity contribution in [3.63, 3.8) is 0 Å². The third kappa shape index (κ3) is 5.46. The van der Waals surface area contributed by atoms with E-state index in [9.17, 15) is 24.9 Å². The summed E-state index contributed by atoms with van der Waals surface area (Å²) < 4.78 is 0. The van der Waals surface area contributed by atoms with Gasteiger partial charge in [-0.1, -0.05) is 0 Å². The first-order valence-corrected chi connectivity index (χ1v) is 5.15. The van der Waals surface area contributed by atoms with Crippen molar-refractivity contribution in [2.24, 2.45) is 0 Å². The second-order valence-corrected chi connectivity index (χ2v) is 3.66. The van der Waals surface area contributed by atoms with Crippen LogP contribution in [0.2, 0.25) is 0 Å². The molecular formula is C9H16O10. The van der Waals surface area contributed by atoms with Gasteiger partial charge in [-0.15, -0.1) is 0 Å². The van der Waals surface area contributed by atoms with Crippen molar-refractivity contribution in [3.8, 4) is 0 Å². The summed E-state index contributed by atoms with van der Waals surface area (Å²) in [5, 5.41) is 53.9. The minimum Gasteiger partial charge on any atom is -0.394 e. The molecule has 0 saturated carbocycles. The zero-order chi connectivity index (χ0) is 15.2. The molecule has 0 spiro atoms. The molecule has 0 amide bonds. The molecule has 0 rings (SSSR count). The summed E-state index contributed by atoms with van der Waals surface area (Å²) in [5.74, 6) is -2.95. The van der Waals surface area contributed by atoms with E-state index in [1.165, 1.54) is 0 Å². The van der Waals surface area contributed by atoms with Gasteiger partial charge in [0.05, 0.1) is 6.61 Å². The van der Waals surface area contributed by atoms with Crippen molar-refractivity contribution in [1.29, 1.82) is 0 Å². The van der Waals surface area contributed by atoms with Crippen molar-refractivity contribution in [3.05, 3.63) is 0 Å². The summed E-state index contributed by atoms with van der Waals surface area (Å²) >= 11 is 0. The highest BCUT2D eigenvalue weighted by Gasteiger charge is 2.36. The Morgan fingerprint density at radius 1 is 0.947 bits per heavy atom. The first-order valence-electron chi connectivity index (χ1n) is 5.15. The number of aliphatic hydroxyl groups excluding tert-OH is 6. The number of hydrogen-bond donors (Lipinski definition) is 6. The second kappa shape index (κ2) is 7.99. The molecule has 0 aromatic heterocycles. The fourth-order valence-electron chi connectivity index (χ4n) is 0.863. The van der Waals surface area contributed by atoms with Gasteiger partial charge in [0.1, 0.15) is 18.3 Å². The molecule has 0 aliphatic heterocycles. The summed E-state index contributed by atoms with van der Waals surface area (Å²) in [5.41, 5.74) is 0. The standard InChI is InChI=1S/C9H16O10/c1-3(11)8(16)18-19-9(17)7(15)6(14)5(13)4(12)2-10/h3-7,10-15H,2H2,1H3. The van der Waals surface area contributed by atoms with E-state index in [-0.39, 0.29) is 0 Å². The van der Waals surface area contributed by atoms with Gasteiger partial charge in [-0.05, 0) is 6.92 Å². The molecule has 0 aromatic carbocycles. The van der Waals surface area contributed by atoms with E-state index in [2.05, 4.69) is 9.78 Å². The monoisotopic (exact) mass is 284 g/mol. The Kier molecular flexibility index (Phi) is 7.44. The van der Waals surface area contributed by atoms with E-state index < -0.39 is 49.1 Å². The van der Waals surface area contributed by atoms with Crippen LogP contribution in [0, 0.1) is 0 Å². The Hall–Kier alpha value is -1.30. The minimum atomic E-state index is -2.34. The smallest absolute Gasteiger partial charge is 0.386 e. The van der Waals surface area contributed by atoms with Crippen molar-refractivity contribution in [1.82, 2.24) is 0 Å². The maximum atomic E-state index is 11.1. The zero-order valence-electron chi connectivity index (χ0n) is 9.91. The quantitative estimate of drug-likeness (QED) is 0.207. The largest absolute Gasteiger partial charge is 0.394 e. The van der Waals surface area contributed by atoms with Gasteiger partial charge in [-0.3, -0.25) is 0 Å². The summed E-state index contributed by atoms with van der Waals surface area (Å²) in [6, 6.07) is 0. The van der Waals surface area contributed by atoms with Crippen LogP contribution in [-0.4, -0.2) is 79.7 Å². The molecule has 0 saturated heterocycles. The van der Waals surface area contributed by atoms with Crippen molar-refractivity contribution in [2.75, 3.05) is 6.61 Å². The average Bonchev–Trinajstić information content (AvgIpc) is 2.40. The lowest BCUT2D eigenvalue weighted by atomic mass is 10.0. The molecule has 0 fully saturated rings. The second-order valence-electron chi connectivity index (χ2n) is 3.66. The minimum absolute atomic E-state index is 0.920. The topological polar surface area (TPSA) is 174 Å². The maximum absolute atomic E-state index is 11.1. The summed E-state index contributed by atoms with van der Waals surface area (Å²) in [6.07, 6.45) is -9.91. The molecule has 0 heterocycles. The Morgan fingerprint density at radius 2 is 1.42 bits per heavy atom. The van der Waals surface area contributed by atoms with Gasteiger partial charge in [0.15, 0.2) is 12.2 Å². The molecule has 10 heteroatoms. The van der Waals surface area contributed by atoms with Gasteiger partial charge >= 0.3 is 11.9 Å². The average molecular weight is 284 g/mol. The lowest BCUT2D eigenvalue weighted by Crippen LogP contribution is -2.49. The fraction of sp³-hybridized carbons (Fsp3) is 0.778. The highest BCUT2D eigenvalue weighted by atomic mass is 17.2. The Balaban J connectivity index is 4.36. The maximum Gasteiger partial charge on any atom is 0.386 e. The highest BCUT2D eigenvalue weighted by Crippen LogP contribution is 2.07. The lowest BCUT2D eigenvalue weighted by Gasteiger charge is -2.23. The van der Waals surface area contributed by atoms with Crippen LogP contribution in [0.3, 0.4) is 0 Å². The van der Waals surface area contributed by atoms with Gasteiger partial charge < -0.3 is 30.6 Å². The predicted octanol–water partition coefficient (Wildman–Crippen LogP) is -4.20. The van der Waals surface area contributed by atoms with E-state index in [0.29, 0.717) is 0 Å². The molecule has 112 valence electrons. The number of hydrogen-bond acceptors (Lipinski definition) is 10. The number of rotatable bonds is 6. The summed E-state index contributed by atoms with van der Waals surface area (Å²) in [4.78, 5) is 29.4. The van der Waals surface area contributed by atoms with E-state index in [0.717, 1.165) is 6.92 Å². The van der Waals surface area contributed by atoms with Crippen molar-refractivity contribution < 1.29 is 50.0 Å². The molecular weight excluding hydrogens is 268 g/mol. The van der Waals surface area contributed by atoms with E-state index in [4.69, 9.17) is 15.3 Å². The molecule has 0 radical (unpaired) electrons. The normalized spacial score (nSPS) is 18.9. The van der Waals surface area contributed by atoms with Crippen molar-refractivity contribution in [2.45, 2.75) is 37.4 Å². The molecule has 0 aliphatic rings. The molecule has 0 bridgehead atoms. The van der Waals surface area contributed by atoms with Crippen LogP contribution >= 0.6 is 0 Å². The van der Waals surface area contributed by atoms with Crippen LogP contribution in [0.25, 0.3) is 0 Å².